The molecule has 1 aliphatic heterocycles. The van der Waals surface area contributed by atoms with Crippen molar-refractivity contribution in [3.05, 3.63) is 254 Å². The van der Waals surface area contributed by atoms with Crippen molar-refractivity contribution in [2.45, 2.75) is 19.3 Å². The summed E-state index contributed by atoms with van der Waals surface area (Å²) in [5, 5.41) is 8.18. The van der Waals surface area contributed by atoms with Gasteiger partial charge in [-0.05, 0) is 126 Å². The minimum Gasteiger partial charge on any atom is -0.311 e. The first-order valence-corrected chi connectivity index (χ1v) is 25.1. The van der Waals surface area contributed by atoms with Gasteiger partial charge in [-0.15, -0.1) is 0 Å². The first-order valence-electron chi connectivity index (χ1n) is 23.1. The molecule has 66 heavy (non-hydrogen) atoms. The molecule has 0 unspecified atom stereocenters. The SMILES string of the molecule is CC1(C)c2ccccc2-c2c(-c3ccc(N(c4ccc(-n5c6ccccc6c6ccccc65)cc4)c4cccc([Si]5(c6ccccc6)c6ccccc6-c6ccccc65)c4)cc3)cccc21. The lowest BCUT2D eigenvalue weighted by molar-refractivity contribution is 0.660. The Morgan fingerprint density at radius 2 is 0.879 bits per heavy atom. The van der Waals surface area contributed by atoms with Gasteiger partial charge >= 0.3 is 0 Å². The van der Waals surface area contributed by atoms with E-state index in [1.165, 1.54) is 87.1 Å². The summed E-state index contributed by atoms with van der Waals surface area (Å²) in [6, 6.07) is 90.8. The molecule has 1 aliphatic carbocycles. The van der Waals surface area contributed by atoms with Crippen molar-refractivity contribution in [2.24, 2.45) is 0 Å². The van der Waals surface area contributed by atoms with Crippen LogP contribution in [0.5, 0.6) is 0 Å². The Morgan fingerprint density at radius 1 is 0.379 bits per heavy atom. The van der Waals surface area contributed by atoms with Gasteiger partial charge in [0.2, 0.25) is 0 Å². The molecule has 10 aromatic carbocycles. The number of hydrogen-bond acceptors (Lipinski definition) is 1. The highest BCUT2D eigenvalue weighted by Crippen LogP contribution is 2.52. The minimum atomic E-state index is -2.74. The van der Waals surface area contributed by atoms with Crippen LogP contribution >= 0.6 is 0 Å². The molecule has 11 aromatic rings. The van der Waals surface area contributed by atoms with Gasteiger partial charge in [-0.1, -0.05) is 196 Å². The predicted molar refractivity (Wildman–Crippen MR) is 281 cm³/mol. The maximum atomic E-state index is 2.50. The minimum absolute atomic E-state index is 0.0597. The summed E-state index contributed by atoms with van der Waals surface area (Å²) in [7, 11) is -2.74. The van der Waals surface area contributed by atoms with Crippen LogP contribution in [0.2, 0.25) is 0 Å². The average molecular weight is 859 g/mol. The molecule has 2 heterocycles. The second kappa shape index (κ2) is 14.8. The topological polar surface area (TPSA) is 8.17 Å². The van der Waals surface area contributed by atoms with E-state index in [2.05, 4.69) is 266 Å². The molecule has 312 valence electrons. The lowest BCUT2D eigenvalue weighted by Crippen LogP contribution is -2.72. The number of fused-ring (bicyclic) bond motifs is 9. The van der Waals surface area contributed by atoms with Gasteiger partial charge in [0.05, 0.1) is 11.0 Å². The van der Waals surface area contributed by atoms with Gasteiger partial charge in [0.15, 0.2) is 8.07 Å². The fraction of sp³-hybridized carbons (Fsp3) is 0.0476. The second-order valence-corrected chi connectivity index (χ2v) is 22.2. The molecular weight excluding hydrogens is 813 g/mol. The quantitative estimate of drug-likeness (QED) is 0.145. The molecule has 13 rings (SSSR count). The Kier molecular flexibility index (Phi) is 8.62. The van der Waals surface area contributed by atoms with Crippen molar-refractivity contribution in [1.82, 2.24) is 4.57 Å². The largest absolute Gasteiger partial charge is 0.311 e. The lowest BCUT2D eigenvalue weighted by atomic mass is 9.82. The van der Waals surface area contributed by atoms with E-state index in [-0.39, 0.29) is 5.41 Å². The Labute approximate surface area is 387 Å². The van der Waals surface area contributed by atoms with Crippen molar-refractivity contribution < 1.29 is 0 Å². The smallest absolute Gasteiger partial charge is 0.180 e. The fourth-order valence-corrected chi connectivity index (χ4v) is 17.0. The highest BCUT2D eigenvalue weighted by Gasteiger charge is 2.48. The van der Waals surface area contributed by atoms with E-state index in [1.54, 1.807) is 0 Å². The van der Waals surface area contributed by atoms with Gasteiger partial charge < -0.3 is 9.47 Å². The molecule has 0 saturated carbocycles. The Morgan fingerprint density at radius 3 is 1.55 bits per heavy atom. The summed E-state index contributed by atoms with van der Waals surface area (Å²) in [6.07, 6.45) is 0. The average Bonchev–Trinajstić information content (AvgIpc) is 3.96. The van der Waals surface area contributed by atoms with Crippen LogP contribution in [0, 0.1) is 0 Å². The number of rotatable bonds is 7. The van der Waals surface area contributed by atoms with Crippen molar-refractivity contribution in [3.63, 3.8) is 0 Å². The fourth-order valence-electron chi connectivity index (χ4n) is 11.8. The van der Waals surface area contributed by atoms with Crippen LogP contribution in [0.25, 0.3) is 60.9 Å². The normalized spacial score (nSPS) is 13.8. The van der Waals surface area contributed by atoms with Crippen LogP contribution < -0.4 is 25.6 Å². The first-order chi connectivity index (χ1) is 32.5. The van der Waals surface area contributed by atoms with E-state index < -0.39 is 8.07 Å². The molecule has 2 nitrogen and oxygen atoms in total. The van der Waals surface area contributed by atoms with Crippen molar-refractivity contribution in [1.29, 1.82) is 0 Å². The van der Waals surface area contributed by atoms with Crippen LogP contribution in [-0.4, -0.2) is 12.6 Å². The van der Waals surface area contributed by atoms with Crippen LogP contribution in [0.1, 0.15) is 25.0 Å². The maximum absolute atomic E-state index is 2.74. The van der Waals surface area contributed by atoms with Gasteiger partial charge in [-0.2, -0.15) is 0 Å². The Balaban J connectivity index is 0.994. The highest BCUT2D eigenvalue weighted by molar-refractivity contribution is 7.22. The number of para-hydroxylation sites is 2. The summed E-state index contributed by atoms with van der Waals surface area (Å²) >= 11 is 0. The number of anilines is 3. The summed E-state index contributed by atoms with van der Waals surface area (Å²) in [5.74, 6) is 0. The summed E-state index contributed by atoms with van der Waals surface area (Å²) in [5.41, 5.74) is 17.5. The molecule has 3 heteroatoms. The van der Waals surface area contributed by atoms with E-state index in [4.69, 9.17) is 0 Å². The van der Waals surface area contributed by atoms with Gasteiger partial charge in [0, 0.05) is 38.9 Å². The molecular formula is C63H46N2Si. The van der Waals surface area contributed by atoms with E-state index in [1.807, 2.05) is 0 Å². The Hall–Kier alpha value is -7.98. The van der Waals surface area contributed by atoms with Crippen molar-refractivity contribution >= 4 is 67.7 Å². The molecule has 0 spiro atoms. The Bertz CT molecular complexity index is 3580. The molecule has 0 amide bonds. The van der Waals surface area contributed by atoms with Crippen LogP contribution in [0.15, 0.2) is 243 Å². The molecule has 0 fully saturated rings. The van der Waals surface area contributed by atoms with E-state index in [9.17, 15) is 0 Å². The molecule has 0 saturated heterocycles. The van der Waals surface area contributed by atoms with E-state index in [0.29, 0.717) is 0 Å². The third kappa shape index (κ3) is 5.54. The molecule has 1 aromatic heterocycles. The summed E-state index contributed by atoms with van der Waals surface area (Å²) in [6.45, 7) is 4.72. The van der Waals surface area contributed by atoms with Crippen LogP contribution in [-0.2, 0) is 5.41 Å². The molecule has 0 radical (unpaired) electrons. The zero-order chi connectivity index (χ0) is 44.0. The zero-order valence-corrected chi connectivity index (χ0v) is 38.0. The van der Waals surface area contributed by atoms with Crippen molar-refractivity contribution in [2.75, 3.05) is 4.90 Å². The van der Waals surface area contributed by atoms with E-state index >= 15 is 0 Å². The number of aromatic nitrogens is 1. The lowest BCUT2D eigenvalue weighted by Gasteiger charge is -2.33. The molecule has 0 N–H and O–H groups in total. The van der Waals surface area contributed by atoms with Gasteiger partial charge in [-0.3, -0.25) is 0 Å². The predicted octanol–water partition coefficient (Wildman–Crippen LogP) is 13.6. The van der Waals surface area contributed by atoms with Gasteiger partial charge in [0.1, 0.15) is 0 Å². The first kappa shape index (κ1) is 38.5. The molecule has 2 aliphatic rings. The zero-order valence-electron chi connectivity index (χ0n) is 37.0. The van der Waals surface area contributed by atoms with Gasteiger partial charge in [0.25, 0.3) is 0 Å². The number of hydrogen-bond donors (Lipinski definition) is 0. The molecule has 0 bridgehead atoms. The monoisotopic (exact) mass is 858 g/mol. The van der Waals surface area contributed by atoms with Crippen LogP contribution in [0.4, 0.5) is 17.1 Å². The molecule has 0 atom stereocenters. The van der Waals surface area contributed by atoms with Gasteiger partial charge in [-0.25, -0.2) is 0 Å². The third-order valence-corrected chi connectivity index (χ3v) is 19.6. The standard InChI is InChI=1S/C63H46N2Si/c1-63(2)56-28-11-6-26-55(56)62-50(27-17-29-57(62)63)43-34-36-44(37-35-43)64(45-38-40-46(41-39-45)65-58-30-12-7-22-51(58)52-23-8-13-31-59(52)65)47-18-16-21-49(42-47)66(48-19-4-3-5-20-48)60-32-14-9-24-53(60)54-25-10-15-33-61(54)66/h3-42H,1-2H3. The highest BCUT2D eigenvalue weighted by atomic mass is 28.3. The number of nitrogens with zero attached hydrogens (tertiary/aromatic N) is 2. The van der Waals surface area contributed by atoms with Crippen molar-refractivity contribution in [3.8, 4) is 39.1 Å². The maximum Gasteiger partial charge on any atom is 0.180 e. The number of benzene rings is 10. The third-order valence-electron chi connectivity index (χ3n) is 14.7. The van der Waals surface area contributed by atoms with E-state index in [0.717, 1.165) is 22.7 Å². The summed E-state index contributed by atoms with van der Waals surface area (Å²) < 4.78 is 2.40. The summed E-state index contributed by atoms with van der Waals surface area (Å²) in [4.78, 5) is 2.45. The second-order valence-electron chi connectivity index (χ2n) is 18.4. The van der Waals surface area contributed by atoms with Crippen LogP contribution in [0.3, 0.4) is 0 Å².